The summed E-state index contributed by atoms with van der Waals surface area (Å²) < 4.78 is 26.7. The van der Waals surface area contributed by atoms with Gasteiger partial charge in [-0.05, 0) is 53.6 Å². The van der Waals surface area contributed by atoms with Crippen LogP contribution in [0.5, 0.6) is 28.7 Å². The maximum atomic E-state index is 13.7. The molecule has 0 heterocycles. The molecule has 3 aromatic carbocycles. The van der Waals surface area contributed by atoms with E-state index in [1.807, 2.05) is 30.3 Å². The number of allylic oxidation sites excluding steroid dienone is 1. The van der Waals surface area contributed by atoms with Crippen LogP contribution in [0.3, 0.4) is 0 Å². The molecule has 0 spiro atoms. The zero-order valence-corrected chi connectivity index (χ0v) is 18.8. The third-order valence-corrected chi connectivity index (χ3v) is 4.95. The summed E-state index contributed by atoms with van der Waals surface area (Å²) in [7, 11) is 7.84. The maximum absolute atomic E-state index is 13.7. The van der Waals surface area contributed by atoms with Gasteiger partial charge in [0.15, 0.2) is 5.78 Å². The van der Waals surface area contributed by atoms with Gasteiger partial charge < -0.3 is 23.7 Å². The van der Waals surface area contributed by atoms with Crippen LogP contribution in [0.25, 0.3) is 11.6 Å². The molecule has 0 radical (unpaired) electrons. The Morgan fingerprint density at radius 3 is 1.38 bits per heavy atom. The molecule has 0 bridgehead atoms. The first kappa shape index (κ1) is 22.7. The van der Waals surface area contributed by atoms with Crippen molar-refractivity contribution in [2.75, 3.05) is 35.5 Å². The Bertz CT molecular complexity index is 1070. The lowest BCUT2D eigenvalue weighted by molar-refractivity contribution is 0.105. The van der Waals surface area contributed by atoms with Crippen LogP contribution >= 0.6 is 0 Å². The van der Waals surface area contributed by atoms with E-state index in [-0.39, 0.29) is 5.78 Å². The molecule has 6 heteroatoms. The van der Waals surface area contributed by atoms with Gasteiger partial charge in [0.05, 0.1) is 35.5 Å². The molecule has 0 aliphatic carbocycles. The van der Waals surface area contributed by atoms with Crippen LogP contribution in [0.15, 0.2) is 60.7 Å². The molecule has 0 unspecified atom stereocenters. The standard InChI is InChI=1S/C26H26O6/c1-28-20-8-6-17(7-9-20)10-25(18-11-21(29-2)15-22(12-18)30-3)26(27)19-13-23(31-4)16-24(14-19)32-5/h6-16H,1-5H3/b25-10+. The summed E-state index contributed by atoms with van der Waals surface area (Å²) in [6, 6.07) is 17.9. The lowest BCUT2D eigenvalue weighted by Crippen LogP contribution is -2.05. The van der Waals surface area contributed by atoms with Crippen LogP contribution in [0.1, 0.15) is 21.5 Å². The molecule has 3 aromatic rings. The minimum atomic E-state index is -0.201. The van der Waals surface area contributed by atoms with Crippen molar-refractivity contribution < 1.29 is 28.5 Å². The summed E-state index contributed by atoms with van der Waals surface area (Å²) in [6.45, 7) is 0. The van der Waals surface area contributed by atoms with Gasteiger partial charge in [0.1, 0.15) is 28.7 Å². The maximum Gasteiger partial charge on any atom is 0.193 e. The monoisotopic (exact) mass is 434 g/mol. The number of rotatable bonds is 9. The number of ether oxygens (including phenoxy) is 5. The Kier molecular flexibility index (Phi) is 7.39. The topological polar surface area (TPSA) is 63.2 Å². The van der Waals surface area contributed by atoms with Crippen molar-refractivity contribution in [3.63, 3.8) is 0 Å². The second-order valence-electron chi connectivity index (χ2n) is 6.86. The quantitative estimate of drug-likeness (QED) is 0.264. The summed E-state index contributed by atoms with van der Waals surface area (Å²) in [5, 5.41) is 0. The predicted molar refractivity (Wildman–Crippen MR) is 124 cm³/mol. The highest BCUT2D eigenvalue weighted by Crippen LogP contribution is 2.32. The van der Waals surface area contributed by atoms with Crippen molar-refractivity contribution in [3.05, 3.63) is 77.4 Å². The van der Waals surface area contributed by atoms with Crippen LogP contribution in [0.2, 0.25) is 0 Å². The Morgan fingerprint density at radius 2 is 0.969 bits per heavy atom. The molecule has 0 saturated heterocycles. The van der Waals surface area contributed by atoms with Crippen LogP contribution in [-0.4, -0.2) is 41.3 Å². The van der Waals surface area contributed by atoms with E-state index in [2.05, 4.69) is 0 Å². The van der Waals surface area contributed by atoms with Crippen molar-refractivity contribution in [2.24, 2.45) is 0 Å². The number of Topliss-reactive ketones (excluding diaryl/α,β-unsaturated/α-hetero) is 1. The van der Waals surface area contributed by atoms with E-state index < -0.39 is 0 Å². The van der Waals surface area contributed by atoms with Gasteiger partial charge in [0, 0.05) is 23.3 Å². The van der Waals surface area contributed by atoms with Crippen molar-refractivity contribution in [2.45, 2.75) is 0 Å². The van der Waals surface area contributed by atoms with Crippen LogP contribution in [0, 0.1) is 0 Å². The second-order valence-corrected chi connectivity index (χ2v) is 6.86. The molecular formula is C26H26O6. The van der Waals surface area contributed by atoms with Gasteiger partial charge in [0.25, 0.3) is 0 Å². The molecule has 6 nitrogen and oxygen atoms in total. The molecule has 0 saturated carbocycles. The Morgan fingerprint density at radius 1 is 0.562 bits per heavy atom. The van der Waals surface area contributed by atoms with E-state index >= 15 is 0 Å². The first-order chi connectivity index (χ1) is 15.5. The van der Waals surface area contributed by atoms with Gasteiger partial charge >= 0.3 is 0 Å². The Labute approximate surface area is 188 Å². The first-order valence-corrected chi connectivity index (χ1v) is 9.88. The Balaban J connectivity index is 2.18. The van der Waals surface area contributed by atoms with E-state index in [0.29, 0.717) is 39.7 Å². The van der Waals surface area contributed by atoms with Crippen LogP contribution in [0.4, 0.5) is 0 Å². The molecular weight excluding hydrogens is 408 g/mol. The zero-order valence-electron chi connectivity index (χ0n) is 18.8. The largest absolute Gasteiger partial charge is 0.497 e. The zero-order chi connectivity index (χ0) is 23.1. The highest BCUT2D eigenvalue weighted by Gasteiger charge is 2.19. The Hall–Kier alpha value is -3.93. The number of benzene rings is 3. The fourth-order valence-electron chi connectivity index (χ4n) is 3.20. The number of methoxy groups -OCH3 is 5. The van der Waals surface area contributed by atoms with Crippen molar-refractivity contribution >= 4 is 17.4 Å². The minimum Gasteiger partial charge on any atom is -0.497 e. The third kappa shape index (κ3) is 5.21. The van der Waals surface area contributed by atoms with E-state index in [1.54, 1.807) is 71.9 Å². The van der Waals surface area contributed by atoms with Crippen LogP contribution < -0.4 is 23.7 Å². The number of carbonyl (C=O) groups is 1. The summed E-state index contributed by atoms with van der Waals surface area (Å²) >= 11 is 0. The third-order valence-electron chi connectivity index (χ3n) is 4.95. The van der Waals surface area contributed by atoms with Crippen LogP contribution in [-0.2, 0) is 0 Å². The van der Waals surface area contributed by atoms with Gasteiger partial charge in [-0.25, -0.2) is 0 Å². The molecule has 0 aromatic heterocycles. The number of hydrogen-bond donors (Lipinski definition) is 0. The highest BCUT2D eigenvalue weighted by atomic mass is 16.5. The highest BCUT2D eigenvalue weighted by molar-refractivity contribution is 6.32. The molecule has 0 atom stereocenters. The summed E-state index contributed by atoms with van der Waals surface area (Å²) in [6.07, 6.45) is 1.82. The summed E-state index contributed by atoms with van der Waals surface area (Å²) in [5.74, 6) is 2.75. The van der Waals surface area contributed by atoms with E-state index in [4.69, 9.17) is 23.7 Å². The van der Waals surface area contributed by atoms with Gasteiger partial charge in [0.2, 0.25) is 0 Å². The molecule has 0 aliphatic rings. The average Bonchev–Trinajstić information content (AvgIpc) is 2.86. The van der Waals surface area contributed by atoms with E-state index in [0.717, 1.165) is 11.3 Å². The summed E-state index contributed by atoms with van der Waals surface area (Å²) in [5.41, 5.74) is 2.39. The molecule has 0 fully saturated rings. The molecule has 0 N–H and O–H groups in total. The first-order valence-electron chi connectivity index (χ1n) is 9.88. The van der Waals surface area contributed by atoms with Gasteiger partial charge in [-0.15, -0.1) is 0 Å². The SMILES string of the molecule is COc1ccc(/C=C(/C(=O)c2cc(OC)cc(OC)c2)c2cc(OC)cc(OC)c2)cc1. The predicted octanol–water partition coefficient (Wildman–Crippen LogP) is 5.15. The van der Waals surface area contributed by atoms with Gasteiger partial charge in [-0.2, -0.15) is 0 Å². The fraction of sp³-hybridized carbons (Fsp3) is 0.192. The molecule has 3 rings (SSSR count). The number of ketones is 1. The fourth-order valence-corrected chi connectivity index (χ4v) is 3.20. The van der Waals surface area contributed by atoms with Crippen molar-refractivity contribution in [1.29, 1.82) is 0 Å². The number of carbonyl (C=O) groups excluding carboxylic acids is 1. The van der Waals surface area contributed by atoms with Gasteiger partial charge in [-0.1, -0.05) is 12.1 Å². The average molecular weight is 434 g/mol. The van der Waals surface area contributed by atoms with Crippen molar-refractivity contribution in [3.8, 4) is 28.7 Å². The molecule has 166 valence electrons. The smallest absolute Gasteiger partial charge is 0.193 e. The second kappa shape index (κ2) is 10.4. The normalized spacial score (nSPS) is 11.0. The molecule has 0 aliphatic heterocycles. The van der Waals surface area contributed by atoms with E-state index in [9.17, 15) is 4.79 Å². The van der Waals surface area contributed by atoms with Gasteiger partial charge in [-0.3, -0.25) is 4.79 Å². The van der Waals surface area contributed by atoms with E-state index in [1.165, 1.54) is 0 Å². The molecule has 0 amide bonds. The lowest BCUT2D eigenvalue weighted by atomic mass is 9.94. The lowest BCUT2D eigenvalue weighted by Gasteiger charge is -2.13. The van der Waals surface area contributed by atoms with Crippen molar-refractivity contribution in [1.82, 2.24) is 0 Å². The minimum absolute atomic E-state index is 0.201. The number of hydrogen-bond acceptors (Lipinski definition) is 6. The molecule has 32 heavy (non-hydrogen) atoms. The summed E-state index contributed by atoms with van der Waals surface area (Å²) in [4.78, 5) is 13.7.